The van der Waals surface area contributed by atoms with Crippen LogP contribution in [0, 0.1) is 47.3 Å². The van der Waals surface area contributed by atoms with E-state index in [2.05, 4.69) is 25.8 Å². The van der Waals surface area contributed by atoms with Gasteiger partial charge in [0.2, 0.25) is 29.5 Å². The van der Waals surface area contributed by atoms with Crippen molar-refractivity contribution in [2.24, 2.45) is 70.3 Å². The number of carboxylic acid groups (broad SMARTS) is 1. The zero-order chi connectivity index (χ0) is 80.5. The maximum atomic E-state index is 14.8. The van der Waals surface area contributed by atoms with Crippen molar-refractivity contribution < 1.29 is 83.1 Å². The first kappa shape index (κ1) is 95.8. The fraction of sp³-hybridized carbons (Fsp3) is 0.722. The van der Waals surface area contributed by atoms with E-state index in [-0.39, 0.29) is 167 Å². The summed E-state index contributed by atoms with van der Waals surface area (Å²) in [5.41, 5.74) is 22.7. The molecule has 2 aromatic rings. The number of hydrogen-bond acceptors (Lipinski definition) is 21. The number of likely N-dealkylation sites (tertiary alicyclic amines) is 1. The Labute approximate surface area is 640 Å². The van der Waals surface area contributed by atoms with Crippen LogP contribution in [0.3, 0.4) is 0 Å². The van der Waals surface area contributed by atoms with Crippen LogP contribution in [-0.4, -0.2) is 186 Å². The number of rotatable bonds is 55. The number of amides is 6. The monoisotopic (exact) mass is 1520 g/mol. The number of esters is 1. The van der Waals surface area contributed by atoms with Crippen LogP contribution >= 0.6 is 11.3 Å². The maximum Gasteiger partial charge on any atom is 0.306 e. The van der Waals surface area contributed by atoms with Crippen LogP contribution in [0.2, 0.25) is 0 Å². The Balaban J connectivity index is 0.00000175. The molecule has 6 amide bonds. The predicted molar refractivity (Wildman–Crippen MR) is 413 cm³/mol. The van der Waals surface area contributed by atoms with E-state index in [1.54, 1.807) is 36.6 Å². The van der Waals surface area contributed by atoms with Crippen molar-refractivity contribution in [3.8, 4) is 0 Å². The van der Waals surface area contributed by atoms with Crippen molar-refractivity contribution >= 4 is 87.6 Å². The van der Waals surface area contributed by atoms with Crippen LogP contribution in [0.15, 0.2) is 29.6 Å². The number of ketones is 5. The summed E-state index contributed by atoms with van der Waals surface area (Å²) in [5.74, 6) is -7.26. The number of likely N-dealkylation sites (N-methyl/N-ethyl adjacent to an activating group) is 1. The molecule has 0 radical (unpaired) electrons. The van der Waals surface area contributed by atoms with Gasteiger partial charge in [0.1, 0.15) is 22.3 Å². The molecule has 12 N–H and O–H groups in total. The predicted octanol–water partition coefficient (Wildman–Crippen LogP) is 8.15. The smallest absolute Gasteiger partial charge is 0.306 e. The number of nitrogens with one attached hydrogen (secondary N) is 3. The van der Waals surface area contributed by atoms with E-state index in [0.29, 0.717) is 88.6 Å². The second-order valence-corrected chi connectivity index (χ2v) is 30.7. The molecule has 1 aliphatic heterocycles. The number of carboxylic acids is 1. The van der Waals surface area contributed by atoms with Crippen LogP contribution in [-0.2, 0) is 84.6 Å². The first-order chi connectivity index (χ1) is 50.6. The third kappa shape index (κ3) is 37.2. The molecule has 0 spiro atoms. The number of benzene rings is 1. The fourth-order valence-corrected chi connectivity index (χ4v) is 13.9. The molecule has 606 valence electrons. The largest absolute Gasteiger partial charge is 0.481 e. The highest BCUT2D eigenvalue weighted by molar-refractivity contribution is 7.09. The van der Waals surface area contributed by atoms with Gasteiger partial charge in [-0.25, -0.2) is 4.98 Å². The SMILES string of the molecule is CC(=O)[C@H](CCCCC(N)=O)NC(=O)[C@@H](CC(=O)CCOCCN)C(C)C.CCCN(C(=O)[C@@H](CC(=O)[C@H]1CCCCN1C)[C@@H](C)CC)[C@H](C[C@@H](OC(C)=O)c1nc(C(=O)N[C@@H](Cc2ccc(CC(=O)[C@H](CCCCC(N)=O)NC(=O)[C@@H](CC(=O)CCOCCN)C(C)C)cc2)C[C@H](C)C(=O)O)cs1)C(C)C.[HH]. The Morgan fingerprint density at radius 1 is 0.673 bits per heavy atom. The summed E-state index contributed by atoms with van der Waals surface area (Å²) in [6.07, 6.45) is 7.49. The topological polar surface area (TPSA) is 429 Å². The Hall–Kier alpha value is -7.24. The average molecular weight is 1530 g/mol. The second-order valence-electron chi connectivity index (χ2n) is 29.9. The quantitative estimate of drug-likeness (QED) is 0.0229. The molecule has 1 aliphatic rings. The van der Waals surface area contributed by atoms with Gasteiger partial charge in [-0.05, 0) is 113 Å². The van der Waals surface area contributed by atoms with Crippen molar-refractivity contribution in [3.05, 3.63) is 51.5 Å². The molecular formula is C79H132N10O17S. The van der Waals surface area contributed by atoms with Crippen molar-refractivity contribution in [1.29, 1.82) is 0 Å². The normalized spacial score (nSPS) is 15.9. The third-order valence-electron chi connectivity index (χ3n) is 19.8. The average Bonchev–Trinajstić information content (AvgIpc) is 1.11. The number of ether oxygens (including phenoxy) is 3. The molecule has 11 atom stereocenters. The number of unbranched alkanes of at least 4 members (excludes halogenated alkanes) is 2. The lowest BCUT2D eigenvalue weighted by atomic mass is 9.82. The summed E-state index contributed by atoms with van der Waals surface area (Å²) in [4.78, 5) is 176. The van der Waals surface area contributed by atoms with Gasteiger partial charge in [0.25, 0.3) is 5.91 Å². The summed E-state index contributed by atoms with van der Waals surface area (Å²) in [5, 5.41) is 20.5. The Morgan fingerprint density at radius 3 is 1.67 bits per heavy atom. The zero-order valence-electron chi connectivity index (χ0n) is 66.2. The number of carbonyl (C=O) groups excluding carboxylic acids is 12. The molecule has 28 heteroatoms. The van der Waals surface area contributed by atoms with E-state index in [9.17, 15) is 67.4 Å². The highest BCUT2D eigenvalue weighted by Crippen LogP contribution is 2.34. The van der Waals surface area contributed by atoms with Gasteiger partial charge in [-0.2, -0.15) is 0 Å². The number of Topliss-reactive ketones (excluding diaryl/α,β-unsaturated/α-hetero) is 5. The molecule has 107 heavy (non-hydrogen) atoms. The van der Waals surface area contributed by atoms with E-state index in [1.807, 2.05) is 74.3 Å². The standard InChI is InChI=1S/C60H95N7O12S.C19H35N3O5.H2/c1-11-26-67(59(75)47(39(7)12-2)34-53(71)50-18-15-16-27-66(50)10)51(38(5)6)35-54(79-41(9)68)58-65-49(36-80-58)57(74)63-44(30-40(8)60(76)77)31-42-20-22-43(23-21-42)32-52(70)48(17-13-14-19-55(62)72)64-56(73)46(37(3)4)33-45(69)24-28-78-29-25-61;1-13(2)16(12-15(24)8-10-27-11-9-20)19(26)22-17(14(3)23)6-4-5-7-18(21)25;/h20-23,36-40,44,46-48,50-51,54H,11-19,24-35,61H2,1-10H3,(H2,62,72)(H,63,74)(H,64,73)(H,76,77);13,16-17H,4-12,20H2,1-3H3,(H2,21,25)(H,22,26);1H/t39-,40-,44+,46-,47-,48-,50+,51+,54+;16-,17-;/m00./s1. The molecule has 2 heterocycles. The maximum absolute atomic E-state index is 14.8. The number of hydrogen-bond donors (Lipinski definition) is 8. The van der Waals surface area contributed by atoms with Gasteiger partial charge in [0.15, 0.2) is 23.5 Å². The summed E-state index contributed by atoms with van der Waals surface area (Å²) < 4.78 is 16.5. The second kappa shape index (κ2) is 52.0. The van der Waals surface area contributed by atoms with E-state index in [0.717, 1.165) is 49.1 Å². The Kier molecular flexibility index (Phi) is 46.6. The van der Waals surface area contributed by atoms with Crippen molar-refractivity contribution in [2.45, 2.75) is 261 Å². The summed E-state index contributed by atoms with van der Waals surface area (Å²) in [6.45, 7) is 25.0. The van der Waals surface area contributed by atoms with Gasteiger partial charge in [-0.15, -0.1) is 11.3 Å². The lowest BCUT2D eigenvalue weighted by molar-refractivity contribution is -0.150. The van der Waals surface area contributed by atoms with E-state index < -0.39 is 83.6 Å². The van der Waals surface area contributed by atoms with E-state index in [4.69, 9.17) is 37.1 Å². The van der Waals surface area contributed by atoms with Crippen molar-refractivity contribution in [3.63, 3.8) is 0 Å². The number of nitrogens with zero attached hydrogens (tertiary/aromatic N) is 3. The number of aliphatic carboxylic acids is 1. The van der Waals surface area contributed by atoms with Gasteiger partial charge in [0.05, 0.1) is 50.5 Å². The summed E-state index contributed by atoms with van der Waals surface area (Å²) >= 11 is 1.14. The number of nitrogens with two attached hydrogens (primary N) is 4. The molecule has 1 fully saturated rings. The van der Waals surface area contributed by atoms with Gasteiger partial charge in [0, 0.05) is 121 Å². The minimum Gasteiger partial charge on any atom is -0.481 e. The minimum absolute atomic E-state index is 0. The third-order valence-corrected chi connectivity index (χ3v) is 20.7. The van der Waals surface area contributed by atoms with Crippen LogP contribution in [0.25, 0.3) is 0 Å². The number of aromatic nitrogens is 1. The van der Waals surface area contributed by atoms with Crippen LogP contribution in [0.4, 0.5) is 0 Å². The summed E-state index contributed by atoms with van der Waals surface area (Å²) in [7, 11) is 1.97. The number of carbonyl (C=O) groups is 13. The first-order valence-electron chi connectivity index (χ1n) is 38.7. The van der Waals surface area contributed by atoms with Gasteiger partial charge >= 0.3 is 11.9 Å². The van der Waals surface area contributed by atoms with Gasteiger partial charge < -0.3 is 63.1 Å². The summed E-state index contributed by atoms with van der Waals surface area (Å²) in [6, 6.07) is 4.32. The molecule has 3 rings (SSSR count). The van der Waals surface area contributed by atoms with Crippen LogP contribution in [0.5, 0.6) is 0 Å². The van der Waals surface area contributed by atoms with Crippen molar-refractivity contribution in [2.75, 3.05) is 59.7 Å². The molecule has 1 aromatic carbocycles. The van der Waals surface area contributed by atoms with Gasteiger partial charge in [-0.3, -0.25) is 67.2 Å². The fourth-order valence-electron chi connectivity index (χ4n) is 13.1. The zero-order valence-corrected chi connectivity index (χ0v) is 67.0. The molecule has 0 aliphatic carbocycles. The van der Waals surface area contributed by atoms with Crippen LogP contribution < -0.4 is 38.9 Å². The number of thiazole rings is 1. The highest BCUT2D eigenvalue weighted by atomic mass is 32.1. The molecule has 0 unspecified atom stereocenters. The number of piperidine rings is 1. The molecule has 0 saturated carbocycles. The van der Waals surface area contributed by atoms with Crippen LogP contribution in [0.1, 0.15) is 246 Å². The Morgan fingerprint density at radius 2 is 1.21 bits per heavy atom. The molecular weight excluding hydrogens is 1390 g/mol. The first-order valence-corrected chi connectivity index (χ1v) is 39.5. The highest BCUT2D eigenvalue weighted by Gasteiger charge is 2.40. The lowest BCUT2D eigenvalue weighted by Crippen LogP contribution is -2.50. The lowest BCUT2D eigenvalue weighted by Gasteiger charge is -2.39. The number of primary amides is 2. The van der Waals surface area contributed by atoms with E-state index >= 15 is 0 Å². The molecule has 0 bridgehead atoms. The molecule has 1 aromatic heterocycles. The molecule has 27 nitrogen and oxygen atoms in total. The van der Waals surface area contributed by atoms with Gasteiger partial charge in [-0.1, -0.05) is 119 Å². The minimum atomic E-state index is -1.04. The Bertz CT molecular complexity index is 3130. The van der Waals surface area contributed by atoms with Crippen molar-refractivity contribution in [1.82, 2.24) is 30.7 Å². The molecule has 1 saturated heterocycles. The van der Waals surface area contributed by atoms with E-state index in [1.165, 1.54) is 13.8 Å².